The SMILES string of the molecule is CCCCCCC(c1ccc(C(=O)O)cc1)N1CCCN2CCCCCC21. The zero-order valence-corrected chi connectivity index (χ0v) is 16.9. The van der Waals surface area contributed by atoms with Crippen molar-refractivity contribution in [1.29, 1.82) is 0 Å². The van der Waals surface area contributed by atoms with Gasteiger partial charge < -0.3 is 5.11 Å². The van der Waals surface area contributed by atoms with E-state index in [1.54, 1.807) is 12.1 Å². The number of unbranched alkanes of at least 4 members (excludes halogenated alkanes) is 3. The molecule has 2 heterocycles. The number of carbonyl (C=O) groups is 1. The molecule has 27 heavy (non-hydrogen) atoms. The van der Waals surface area contributed by atoms with Crippen LogP contribution in [-0.4, -0.2) is 46.7 Å². The predicted octanol–water partition coefficient (Wildman–Crippen LogP) is 5.30. The monoisotopic (exact) mass is 372 g/mol. The van der Waals surface area contributed by atoms with E-state index in [-0.39, 0.29) is 0 Å². The Bertz CT molecular complexity index is 587. The maximum atomic E-state index is 11.2. The number of hydrogen-bond donors (Lipinski definition) is 1. The molecular weight excluding hydrogens is 336 g/mol. The van der Waals surface area contributed by atoms with Crippen LogP contribution < -0.4 is 0 Å². The number of benzene rings is 1. The molecule has 0 amide bonds. The molecular formula is C23H36N2O2. The predicted molar refractivity (Wildman–Crippen MR) is 110 cm³/mol. The fourth-order valence-corrected chi connectivity index (χ4v) is 4.89. The molecule has 2 aliphatic heterocycles. The number of rotatable bonds is 8. The molecule has 2 unspecified atom stereocenters. The van der Waals surface area contributed by atoms with E-state index in [0.29, 0.717) is 17.8 Å². The maximum Gasteiger partial charge on any atom is 0.335 e. The second-order valence-corrected chi connectivity index (χ2v) is 8.25. The third-order valence-corrected chi connectivity index (χ3v) is 6.35. The second kappa shape index (κ2) is 10.2. The van der Waals surface area contributed by atoms with E-state index in [2.05, 4.69) is 28.9 Å². The van der Waals surface area contributed by atoms with E-state index < -0.39 is 5.97 Å². The molecule has 4 heteroatoms. The number of hydrogen-bond acceptors (Lipinski definition) is 3. The Morgan fingerprint density at radius 1 is 1.04 bits per heavy atom. The minimum absolute atomic E-state index is 0.387. The van der Waals surface area contributed by atoms with Crippen LogP contribution in [0.3, 0.4) is 0 Å². The lowest BCUT2D eigenvalue weighted by Crippen LogP contribution is -2.54. The first-order chi connectivity index (χ1) is 13.2. The molecule has 0 aromatic heterocycles. The van der Waals surface area contributed by atoms with Crippen molar-refractivity contribution in [3.8, 4) is 0 Å². The van der Waals surface area contributed by atoms with Crippen molar-refractivity contribution in [3.63, 3.8) is 0 Å². The van der Waals surface area contributed by atoms with Crippen LogP contribution in [0.1, 0.15) is 93.1 Å². The van der Waals surface area contributed by atoms with Crippen molar-refractivity contribution >= 4 is 5.97 Å². The van der Waals surface area contributed by atoms with Crippen LogP contribution in [0.15, 0.2) is 24.3 Å². The number of nitrogens with zero attached hydrogens (tertiary/aromatic N) is 2. The number of fused-ring (bicyclic) bond motifs is 1. The molecule has 1 N–H and O–H groups in total. The van der Waals surface area contributed by atoms with Gasteiger partial charge in [-0.15, -0.1) is 0 Å². The highest BCUT2D eigenvalue weighted by atomic mass is 16.4. The molecule has 4 nitrogen and oxygen atoms in total. The minimum Gasteiger partial charge on any atom is -0.478 e. The Kier molecular flexibility index (Phi) is 7.71. The zero-order valence-electron chi connectivity index (χ0n) is 16.9. The van der Waals surface area contributed by atoms with Crippen LogP contribution in [-0.2, 0) is 0 Å². The normalized spacial score (nSPS) is 22.8. The first-order valence-electron chi connectivity index (χ1n) is 11.0. The minimum atomic E-state index is -0.839. The van der Waals surface area contributed by atoms with Gasteiger partial charge in [0.2, 0.25) is 0 Å². The average molecular weight is 373 g/mol. The molecule has 0 radical (unpaired) electrons. The molecule has 0 aliphatic carbocycles. The molecule has 2 atom stereocenters. The highest BCUT2D eigenvalue weighted by Crippen LogP contribution is 2.35. The summed E-state index contributed by atoms with van der Waals surface area (Å²) >= 11 is 0. The number of carboxylic acid groups (broad SMARTS) is 1. The Hall–Kier alpha value is -1.39. The average Bonchev–Trinajstić information content (AvgIpc) is 2.94. The largest absolute Gasteiger partial charge is 0.478 e. The Labute approximate surface area is 164 Å². The van der Waals surface area contributed by atoms with Crippen LogP contribution in [0.25, 0.3) is 0 Å². The summed E-state index contributed by atoms with van der Waals surface area (Å²) in [6.45, 7) is 5.90. The van der Waals surface area contributed by atoms with Gasteiger partial charge in [0.1, 0.15) is 0 Å². The lowest BCUT2D eigenvalue weighted by atomic mass is 9.95. The summed E-state index contributed by atoms with van der Waals surface area (Å²) < 4.78 is 0. The van der Waals surface area contributed by atoms with Crippen LogP contribution in [0.2, 0.25) is 0 Å². The summed E-state index contributed by atoms with van der Waals surface area (Å²) in [5, 5.41) is 9.23. The van der Waals surface area contributed by atoms with E-state index in [1.807, 2.05) is 0 Å². The van der Waals surface area contributed by atoms with Gasteiger partial charge in [0.15, 0.2) is 0 Å². The molecule has 3 rings (SSSR count). The van der Waals surface area contributed by atoms with Crippen LogP contribution >= 0.6 is 0 Å². The highest BCUT2D eigenvalue weighted by molar-refractivity contribution is 5.87. The zero-order chi connectivity index (χ0) is 19.1. The second-order valence-electron chi connectivity index (χ2n) is 8.25. The van der Waals surface area contributed by atoms with Gasteiger partial charge in [-0.1, -0.05) is 57.6 Å². The van der Waals surface area contributed by atoms with Gasteiger partial charge in [0.25, 0.3) is 0 Å². The first-order valence-corrected chi connectivity index (χ1v) is 11.0. The maximum absolute atomic E-state index is 11.2. The van der Waals surface area contributed by atoms with Gasteiger partial charge in [-0.05, 0) is 49.9 Å². The van der Waals surface area contributed by atoms with Gasteiger partial charge >= 0.3 is 5.97 Å². The molecule has 2 fully saturated rings. The van der Waals surface area contributed by atoms with E-state index in [9.17, 15) is 9.90 Å². The van der Waals surface area contributed by atoms with Crippen molar-refractivity contribution in [2.45, 2.75) is 83.3 Å². The summed E-state index contributed by atoms with van der Waals surface area (Å²) in [6.07, 6.45) is 13.4. The standard InChI is InChI=1S/C23H36N2O2/c1-2-3-4-6-10-21(19-12-14-20(15-13-19)23(26)27)25-18-9-17-24-16-8-5-7-11-22(24)25/h12-15,21-22H,2-11,16-18H2,1H3,(H,26,27). The Morgan fingerprint density at radius 3 is 2.56 bits per heavy atom. The molecule has 0 spiro atoms. The van der Waals surface area contributed by atoms with Crippen molar-refractivity contribution < 1.29 is 9.90 Å². The third kappa shape index (κ3) is 5.32. The van der Waals surface area contributed by atoms with E-state index in [1.165, 1.54) is 89.4 Å². The van der Waals surface area contributed by atoms with Gasteiger partial charge in [-0.3, -0.25) is 9.80 Å². The summed E-state index contributed by atoms with van der Waals surface area (Å²) in [6, 6.07) is 8.10. The van der Waals surface area contributed by atoms with Gasteiger partial charge in [0.05, 0.1) is 11.7 Å². The fourth-order valence-electron chi connectivity index (χ4n) is 4.89. The molecule has 0 bridgehead atoms. The quantitative estimate of drug-likeness (QED) is 0.629. The molecule has 0 saturated carbocycles. The molecule has 1 aromatic carbocycles. The molecule has 2 saturated heterocycles. The smallest absolute Gasteiger partial charge is 0.335 e. The van der Waals surface area contributed by atoms with Crippen LogP contribution in [0.4, 0.5) is 0 Å². The summed E-state index contributed by atoms with van der Waals surface area (Å²) in [5.41, 5.74) is 1.68. The van der Waals surface area contributed by atoms with E-state index in [0.717, 1.165) is 0 Å². The lowest BCUT2D eigenvalue weighted by Gasteiger charge is -2.47. The molecule has 150 valence electrons. The van der Waals surface area contributed by atoms with Gasteiger partial charge in [-0.2, -0.15) is 0 Å². The van der Waals surface area contributed by atoms with Gasteiger partial charge in [-0.25, -0.2) is 4.79 Å². The Balaban J connectivity index is 1.80. The van der Waals surface area contributed by atoms with Gasteiger partial charge in [0, 0.05) is 19.1 Å². The third-order valence-electron chi connectivity index (χ3n) is 6.35. The fraction of sp³-hybridized carbons (Fsp3) is 0.696. The summed E-state index contributed by atoms with van der Waals surface area (Å²) in [5.74, 6) is -0.839. The van der Waals surface area contributed by atoms with E-state index in [4.69, 9.17) is 0 Å². The van der Waals surface area contributed by atoms with Crippen LogP contribution in [0.5, 0.6) is 0 Å². The Morgan fingerprint density at radius 2 is 1.81 bits per heavy atom. The topological polar surface area (TPSA) is 43.8 Å². The number of aromatic carboxylic acids is 1. The van der Waals surface area contributed by atoms with Crippen molar-refractivity contribution in [3.05, 3.63) is 35.4 Å². The summed E-state index contributed by atoms with van der Waals surface area (Å²) in [7, 11) is 0. The van der Waals surface area contributed by atoms with E-state index >= 15 is 0 Å². The molecule has 1 aromatic rings. The van der Waals surface area contributed by atoms with Crippen LogP contribution in [0, 0.1) is 0 Å². The van der Waals surface area contributed by atoms with Crippen molar-refractivity contribution in [1.82, 2.24) is 9.80 Å². The highest BCUT2D eigenvalue weighted by Gasteiger charge is 2.34. The molecule has 2 aliphatic rings. The van der Waals surface area contributed by atoms with Crippen molar-refractivity contribution in [2.75, 3.05) is 19.6 Å². The lowest BCUT2D eigenvalue weighted by molar-refractivity contribution is -0.0269. The number of carboxylic acids is 1. The summed E-state index contributed by atoms with van der Waals surface area (Å²) in [4.78, 5) is 16.7. The first kappa shape index (κ1) is 20.3. The van der Waals surface area contributed by atoms with Crippen molar-refractivity contribution in [2.24, 2.45) is 0 Å².